The van der Waals surface area contributed by atoms with Gasteiger partial charge < -0.3 is 20.4 Å². The van der Waals surface area contributed by atoms with Crippen LogP contribution in [0.1, 0.15) is 18.1 Å². The standard InChI is InChI=1S/C30H32ClN5O2/c1-20-18-36(16-15-34(20)2)19-27(37)35(3)24-12-10-23(11-13-24)32-29(21-7-5-4-6-8-21)28-25-14-9-22(31)17-26(25)33-30(28)38/h4-14,17,20,32H,15-16,18-19H2,1-3H3,(H,33,38). The summed E-state index contributed by atoms with van der Waals surface area (Å²) in [5, 5.41) is 6.96. The summed E-state index contributed by atoms with van der Waals surface area (Å²) in [5.41, 5.74) is 5.26. The third-order valence-corrected chi connectivity index (χ3v) is 7.57. The van der Waals surface area contributed by atoms with Gasteiger partial charge in [-0.25, -0.2) is 0 Å². The van der Waals surface area contributed by atoms with E-state index in [1.165, 1.54) is 0 Å². The highest BCUT2D eigenvalue weighted by atomic mass is 35.5. The second kappa shape index (κ2) is 11.0. The minimum atomic E-state index is -0.186. The Hall–Kier alpha value is -3.65. The van der Waals surface area contributed by atoms with Crippen LogP contribution < -0.4 is 15.5 Å². The first-order valence-corrected chi connectivity index (χ1v) is 13.1. The highest BCUT2D eigenvalue weighted by molar-refractivity contribution is 6.38. The van der Waals surface area contributed by atoms with Crippen LogP contribution in [0.15, 0.2) is 72.8 Å². The summed E-state index contributed by atoms with van der Waals surface area (Å²) < 4.78 is 0. The quantitative estimate of drug-likeness (QED) is 0.446. The van der Waals surface area contributed by atoms with Crippen molar-refractivity contribution in [2.75, 3.05) is 55.8 Å². The van der Waals surface area contributed by atoms with Gasteiger partial charge in [-0.05, 0) is 55.9 Å². The zero-order valence-corrected chi connectivity index (χ0v) is 22.6. The Morgan fingerprint density at radius 1 is 1.08 bits per heavy atom. The number of nitrogens with zero attached hydrogens (tertiary/aromatic N) is 3. The van der Waals surface area contributed by atoms with Gasteiger partial charge in [-0.2, -0.15) is 0 Å². The predicted octanol–water partition coefficient (Wildman–Crippen LogP) is 4.87. The molecule has 3 aromatic carbocycles. The number of nitrogens with one attached hydrogen (secondary N) is 2. The van der Waals surface area contributed by atoms with Crippen LogP contribution in [0.2, 0.25) is 5.02 Å². The van der Waals surface area contributed by atoms with Crippen molar-refractivity contribution < 1.29 is 9.59 Å². The van der Waals surface area contributed by atoms with E-state index in [2.05, 4.69) is 34.4 Å². The SMILES string of the molecule is CC1CN(CC(=O)N(C)c2ccc(NC(=C3C(=O)Nc4cc(Cl)ccc43)c3ccccc3)cc2)CCN1C. The molecule has 1 atom stereocenters. The van der Waals surface area contributed by atoms with Gasteiger partial charge in [0.1, 0.15) is 0 Å². The van der Waals surface area contributed by atoms with Gasteiger partial charge in [-0.3, -0.25) is 14.5 Å². The van der Waals surface area contributed by atoms with E-state index in [1.54, 1.807) is 17.0 Å². The molecule has 2 heterocycles. The molecular weight excluding hydrogens is 498 g/mol. The smallest absolute Gasteiger partial charge is 0.258 e. The van der Waals surface area contributed by atoms with Crippen molar-refractivity contribution in [3.05, 3.63) is 88.9 Å². The van der Waals surface area contributed by atoms with Crippen LogP contribution in [0.5, 0.6) is 0 Å². The fourth-order valence-corrected chi connectivity index (χ4v) is 5.07. The maximum absolute atomic E-state index is 13.1. The molecular formula is C30H32ClN5O2. The number of carbonyl (C=O) groups is 2. The predicted molar refractivity (Wildman–Crippen MR) is 155 cm³/mol. The highest BCUT2D eigenvalue weighted by Gasteiger charge is 2.29. The summed E-state index contributed by atoms with van der Waals surface area (Å²) in [4.78, 5) is 32.3. The van der Waals surface area contributed by atoms with Gasteiger partial charge in [0.25, 0.3) is 5.91 Å². The van der Waals surface area contributed by atoms with Crippen molar-refractivity contribution in [1.29, 1.82) is 0 Å². The first kappa shape index (κ1) is 26.0. The largest absolute Gasteiger partial charge is 0.354 e. The lowest BCUT2D eigenvalue weighted by Crippen LogP contribution is -2.52. The number of likely N-dealkylation sites (N-methyl/N-ethyl adjacent to an activating group) is 2. The van der Waals surface area contributed by atoms with Crippen LogP contribution in [0.25, 0.3) is 11.3 Å². The topological polar surface area (TPSA) is 67.9 Å². The summed E-state index contributed by atoms with van der Waals surface area (Å²) in [6.45, 7) is 5.33. The van der Waals surface area contributed by atoms with Crippen LogP contribution in [0, 0.1) is 0 Å². The van der Waals surface area contributed by atoms with E-state index in [4.69, 9.17) is 11.6 Å². The normalized spacial score (nSPS) is 19.1. The molecule has 0 bridgehead atoms. The molecule has 0 radical (unpaired) electrons. The van der Waals surface area contributed by atoms with Gasteiger partial charge in [0, 0.05) is 54.7 Å². The molecule has 196 valence electrons. The Morgan fingerprint density at radius 2 is 1.82 bits per heavy atom. The fourth-order valence-electron chi connectivity index (χ4n) is 4.90. The lowest BCUT2D eigenvalue weighted by Gasteiger charge is -2.37. The Balaban J connectivity index is 1.37. The average molecular weight is 530 g/mol. The Morgan fingerprint density at radius 3 is 2.53 bits per heavy atom. The lowest BCUT2D eigenvalue weighted by molar-refractivity contribution is -0.120. The molecule has 2 amide bonds. The van der Waals surface area contributed by atoms with Crippen LogP contribution in [-0.4, -0.2) is 67.9 Å². The third kappa shape index (κ3) is 5.45. The number of amides is 2. The van der Waals surface area contributed by atoms with Crippen LogP contribution >= 0.6 is 11.6 Å². The van der Waals surface area contributed by atoms with E-state index < -0.39 is 0 Å². The van der Waals surface area contributed by atoms with E-state index >= 15 is 0 Å². The summed E-state index contributed by atoms with van der Waals surface area (Å²) in [7, 11) is 3.94. The molecule has 2 aliphatic heterocycles. The summed E-state index contributed by atoms with van der Waals surface area (Å²) in [5.74, 6) is -0.124. The number of halogens is 1. The molecule has 1 saturated heterocycles. The van der Waals surface area contributed by atoms with Gasteiger partial charge in [0.15, 0.2) is 0 Å². The van der Waals surface area contributed by atoms with Crippen molar-refractivity contribution in [1.82, 2.24) is 9.80 Å². The van der Waals surface area contributed by atoms with Gasteiger partial charge in [0.05, 0.1) is 23.5 Å². The van der Waals surface area contributed by atoms with Gasteiger partial charge in [-0.15, -0.1) is 0 Å². The monoisotopic (exact) mass is 529 g/mol. The molecule has 38 heavy (non-hydrogen) atoms. The summed E-state index contributed by atoms with van der Waals surface area (Å²) in [6.07, 6.45) is 0. The third-order valence-electron chi connectivity index (χ3n) is 7.34. The number of hydrogen-bond donors (Lipinski definition) is 2. The Labute approximate surface area is 228 Å². The molecule has 2 N–H and O–H groups in total. The molecule has 0 spiro atoms. The number of rotatable bonds is 6. The zero-order chi connectivity index (χ0) is 26.8. The number of carbonyl (C=O) groups excluding carboxylic acids is 2. The molecule has 5 rings (SSSR count). The molecule has 1 unspecified atom stereocenters. The van der Waals surface area contributed by atoms with Crippen molar-refractivity contribution in [2.45, 2.75) is 13.0 Å². The van der Waals surface area contributed by atoms with Crippen LogP contribution in [0.4, 0.5) is 17.1 Å². The second-order valence-corrected chi connectivity index (χ2v) is 10.4. The van der Waals surface area contributed by atoms with E-state index in [-0.39, 0.29) is 11.8 Å². The van der Waals surface area contributed by atoms with Gasteiger partial charge >= 0.3 is 0 Å². The summed E-state index contributed by atoms with van der Waals surface area (Å²) >= 11 is 6.16. The maximum Gasteiger partial charge on any atom is 0.258 e. The van der Waals surface area contributed by atoms with Crippen molar-refractivity contribution in [2.24, 2.45) is 0 Å². The zero-order valence-electron chi connectivity index (χ0n) is 21.9. The molecule has 2 aliphatic rings. The highest BCUT2D eigenvalue weighted by Crippen LogP contribution is 2.38. The summed E-state index contributed by atoms with van der Waals surface area (Å²) in [6, 6.07) is 23.3. The second-order valence-electron chi connectivity index (χ2n) is 9.95. The molecule has 3 aromatic rings. The van der Waals surface area contributed by atoms with Crippen LogP contribution in [-0.2, 0) is 9.59 Å². The molecule has 0 aliphatic carbocycles. The van der Waals surface area contributed by atoms with Crippen LogP contribution in [0.3, 0.4) is 0 Å². The van der Waals surface area contributed by atoms with E-state index in [1.807, 2.05) is 67.7 Å². The number of piperazine rings is 1. The number of fused-ring (bicyclic) bond motifs is 1. The van der Waals surface area contributed by atoms with E-state index in [0.29, 0.717) is 34.6 Å². The first-order chi connectivity index (χ1) is 18.3. The van der Waals surface area contributed by atoms with Crippen molar-refractivity contribution >= 4 is 51.7 Å². The molecule has 1 fully saturated rings. The number of hydrogen-bond acceptors (Lipinski definition) is 5. The Bertz CT molecular complexity index is 1370. The Kier molecular flexibility index (Phi) is 7.51. The number of anilines is 3. The molecule has 0 aromatic heterocycles. The first-order valence-electron chi connectivity index (χ1n) is 12.8. The number of benzene rings is 3. The maximum atomic E-state index is 13.1. The average Bonchev–Trinajstić information content (AvgIpc) is 3.24. The van der Waals surface area contributed by atoms with E-state index in [9.17, 15) is 9.59 Å². The van der Waals surface area contributed by atoms with Gasteiger partial charge in [0.2, 0.25) is 5.91 Å². The minimum Gasteiger partial charge on any atom is -0.354 e. The lowest BCUT2D eigenvalue weighted by atomic mass is 10.00. The molecule has 7 nitrogen and oxygen atoms in total. The molecule has 8 heteroatoms. The van der Waals surface area contributed by atoms with Crippen molar-refractivity contribution in [3.8, 4) is 0 Å². The minimum absolute atomic E-state index is 0.0625. The molecule has 0 saturated carbocycles. The van der Waals surface area contributed by atoms with Crippen molar-refractivity contribution in [3.63, 3.8) is 0 Å². The fraction of sp³-hybridized carbons (Fsp3) is 0.267. The van der Waals surface area contributed by atoms with E-state index in [0.717, 1.165) is 42.1 Å². The van der Waals surface area contributed by atoms with Gasteiger partial charge in [-0.1, -0.05) is 48.0 Å².